The fourth-order valence-electron chi connectivity index (χ4n) is 1.98. The van der Waals surface area contributed by atoms with Gasteiger partial charge in [-0.2, -0.15) is 0 Å². The van der Waals surface area contributed by atoms with E-state index in [0.29, 0.717) is 0 Å². The average Bonchev–Trinajstić information content (AvgIpc) is 2.42. The standard InChI is InChI=1S/C12H12Cl2N2O4/c13-8-6-15-9(14)5-7(8)10(17)16-12(11(18)19)1-3-20-4-2-12/h5-6H,1-4H2,(H,16,17)(H,18,19). The SMILES string of the molecule is O=C(NC1(C(=O)O)CCOCC1)c1cc(Cl)ncc1Cl. The largest absolute Gasteiger partial charge is 0.480 e. The fourth-order valence-corrected chi connectivity index (χ4v) is 2.33. The molecule has 1 aliphatic heterocycles. The van der Waals surface area contributed by atoms with Crippen molar-refractivity contribution in [3.63, 3.8) is 0 Å². The Balaban J connectivity index is 2.24. The minimum absolute atomic E-state index is 0.0961. The van der Waals surface area contributed by atoms with Gasteiger partial charge in [-0.15, -0.1) is 0 Å². The summed E-state index contributed by atoms with van der Waals surface area (Å²) in [5.74, 6) is -1.69. The quantitative estimate of drug-likeness (QED) is 0.829. The Morgan fingerprint density at radius 3 is 2.60 bits per heavy atom. The molecule has 0 aliphatic carbocycles. The van der Waals surface area contributed by atoms with E-state index in [2.05, 4.69) is 10.3 Å². The minimum Gasteiger partial charge on any atom is -0.480 e. The number of hydrogen-bond donors (Lipinski definition) is 2. The maximum atomic E-state index is 12.2. The number of halogens is 2. The number of hydrogen-bond acceptors (Lipinski definition) is 4. The molecule has 0 bridgehead atoms. The van der Waals surface area contributed by atoms with Gasteiger partial charge in [0.15, 0.2) is 0 Å². The van der Waals surface area contributed by atoms with Crippen LogP contribution in [0.5, 0.6) is 0 Å². The van der Waals surface area contributed by atoms with Crippen LogP contribution in [0.25, 0.3) is 0 Å². The number of aliphatic carboxylic acids is 1. The van der Waals surface area contributed by atoms with Crippen LogP contribution in [-0.2, 0) is 9.53 Å². The fraction of sp³-hybridized carbons (Fsp3) is 0.417. The number of carboxylic acids is 1. The lowest BCUT2D eigenvalue weighted by Gasteiger charge is -2.33. The van der Waals surface area contributed by atoms with Gasteiger partial charge in [-0.3, -0.25) is 4.79 Å². The van der Waals surface area contributed by atoms with Gasteiger partial charge in [0.1, 0.15) is 10.7 Å². The van der Waals surface area contributed by atoms with E-state index in [1.807, 2.05) is 0 Å². The van der Waals surface area contributed by atoms with Crippen molar-refractivity contribution in [1.82, 2.24) is 10.3 Å². The Hall–Kier alpha value is -1.37. The second-order valence-electron chi connectivity index (χ2n) is 4.44. The summed E-state index contributed by atoms with van der Waals surface area (Å²) < 4.78 is 5.13. The highest BCUT2D eigenvalue weighted by atomic mass is 35.5. The van der Waals surface area contributed by atoms with Crippen molar-refractivity contribution in [2.45, 2.75) is 18.4 Å². The van der Waals surface area contributed by atoms with E-state index in [1.165, 1.54) is 12.3 Å². The number of aromatic nitrogens is 1. The van der Waals surface area contributed by atoms with Crippen molar-refractivity contribution >= 4 is 35.1 Å². The van der Waals surface area contributed by atoms with Gasteiger partial charge in [0, 0.05) is 32.3 Å². The number of pyridine rings is 1. The van der Waals surface area contributed by atoms with Crippen LogP contribution in [0.3, 0.4) is 0 Å². The lowest BCUT2D eigenvalue weighted by atomic mass is 9.90. The van der Waals surface area contributed by atoms with Gasteiger partial charge >= 0.3 is 5.97 Å². The number of amides is 1. The van der Waals surface area contributed by atoms with Crippen molar-refractivity contribution in [3.8, 4) is 0 Å². The molecule has 0 spiro atoms. The van der Waals surface area contributed by atoms with E-state index < -0.39 is 17.4 Å². The maximum Gasteiger partial charge on any atom is 0.329 e. The van der Waals surface area contributed by atoms with Gasteiger partial charge in [0.25, 0.3) is 5.91 Å². The molecule has 1 aromatic heterocycles. The second-order valence-corrected chi connectivity index (χ2v) is 5.24. The van der Waals surface area contributed by atoms with Crippen LogP contribution in [0.4, 0.5) is 0 Å². The zero-order valence-electron chi connectivity index (χ0n) is 10.4. The third-order valence-electron chi connectivity index (χ3n) is 3.18. The summed E-state index contributed by atoms with van der Waals surface area (Å²) in [6.45, 7) is 0.550. The third kappa shape index (κ3) is 3.03. The molecule has 0 aromatic carbocycles. The van der Waals surface area contributed by atoms with Crippen LogP contribution in [-0.4, -0.2) is 40.7 Å². The first-order valence-corrected chi connectivity index (χ1v) is 6.65. The second kappa shape index (κ2) is 5.95. The smallest absolute Gasteiger partial charge is 0.329 e. The molecule has 8 heteroatoms. The summed E-state index contributed by atoms with van der Waals surface area (Å²) >= 11 is 11.6. The highest BCUT2D eigenvalue weighted by Crippen LogP contribution is 2.24. The summed E-state index contributed by atoms with van der Waals surface area (Å²) in [6.07, 6.45) is 1.64. The van der Waals surface area contributed by atoms with Crippen LogP contribution in [0.15, 0.2) is 12.3 Å². The number of carbonyl (C=O) groups is 2. The molecule has 2 N–H and O–H groups in total. The van der Waals surface area contributed by atoms with Gasteiger partial charge < -0.3 is 15.2 Å². The zero-order chi connectivity index (χ0) is 14.8. The van der Waals surface area contributed by atoms with Gasteiger partial charge in [0.2, 0.25) is 0 Å². The van der Waals surface area contributed by atoms with E-state index in [4.69, 9.17) is 27.9 Å². The van der Waals surface area contributed by atoms with Crippen LogP contribution < -0.4 is 5.32 Å². The van der Waals surface area contributed by atoms with Crippen LogP contribution >= 0.6 is 23.2 Å². The van der Waals surface area contributed by atoms with E-state index in [9.17, 15) is 14.7 Å². The molecule has 108 valence electrons. The Bertz CT molecular complexity index is 544. The first-order valence-electron chi connectivity index (χ1n) is 5.89. The first kappa shape index (κ1) is 15.0. The van der Waals surface area contributed by atoms with Crippen molar-refractivity contribution < 1.29 is 19.4 Å². The molecule has 1 aliphatic rings. The Labute approximate surface area is 125 Å². The molecule has 2 rings (SSSR count). The van der Waals surface area contributed by atoms with Crippen molar-refractivity contribution in [2.75, 3.05) is 13.2 Å². The van der Waals surface area contributed by atoms with E-state index in [1.54, 1.807) is 0 Å². The zero-order valence-corrected chi connectivity index (χ0v) is 11.9. The Kier molecular flexibility index (Phi) is 4.47. The highest BCUT2D eigenvalue weighted by Gasteiger charge is 2.42. The molecule has 0 unspecified atom stereocenters. The number of rotatable bonds is 3. The topological polar surface area (TPSA) is 88.5 Å². The van der Waals surface area contributed by atoms with Crippen molar-refractivity contribution in [3.05, 3.63) is 28.0 Å². The molecule has 0 saturated carbocycles. The van der Waals surface area contributed by atoms with Gasteiger partial charge in [-0.25, -0.2) is 9.78 Å². The monoisotopic (exact) mass is 318 g/mol. The number of carboxylic acid groups (broad SMARTS) is 1. The molecular formula is C12H12Cl2N2O4. The minimum atomic E-state index is -1.34. The van der Waals surface area contributed by atoms with Gasteiger partial charge in [0.05, 0.1) is 10.6 Å². The number of carbonyl (C=O) groups excluding carboxylic acids is 1. The van der Waals surface area contributed by atoms with Crippen molar-refractivity contribution in [1.29, 1.82) is 0 Å². The normalized spacial score (nSPS) is 17.5. The molecule has 0 radical (unpaired) electrons. The molecule has 1 aromatic rings. The van der Waals surface area contributed by atoms with Crippen LogP contribution in [0.1, 0.15) is 23.2 Å². The Morgan fingerprint density at radius 1 is 1.35 bits per heavy atom. The van der Waals surface area contributed by atoms with E-state index in [0.717, 1.165) is 0 Å². The summed E-state index contributed by atoms with van der Waals surface area (Å²) in [5.41, 5.74) is -1.24. The predicted molar refractivity (Wildman–Crippen MR) is 72.1 cm³/mol. The number of nitrogens with one attached hydrogen (secondary N) is 1. The molecule has 1 amide bonds. The third-order valence-corrected chi connectivity index (χ3v) is 3.68. The Morgan fingerprint density at radius 2 is 2.00 bits per heavy atom. The lowest BCUT2D eigenvalue weighted by molar-refractivity contribution is -0.148. The molecule has 0 atom stereocenters. The summed E-state index contributed by atoms with van der Waals surface area (Å²) in [7, 11) is 0. The predicted octanol–water partition coefficient (Wildman–Crippen LogP) is 1.75. The van der Waals surface area contributed by atoms with Crippen LogP contribution in [0.2, 0.25) is 10.2 Å². The molecule has 20 heavy (non-hydrogen) atoms. The molecule has 2 heterocycles. The van der Waals surface area contributed by atoms with E-state index in [-0.39, 0.29) is 41.8 Å². The maximum absolute atomic E-state index is 12.2. The number of ether oxygens (including phenoxy) is 1. The van der Waals surface area contributed by atoms with Crippen molar-refractivity contribution in [2.24, 2.45) is 0 Å². The molecular weight excluding hydrogens is 307 g/mol. The summed E-state index contributed by atoms with van der Waals surface area (Å²) in [4.78, 5) is 27.4. The first-order chi connectivity index (χ1) is 9.44. The molecule has 6 nitrogen and oxygen atoms in total. The van der Waals surface area contributed by atoms with Crippen LogP contribution in [0, 0.1) is 0 Å². The highest BCUT2D eigenvalue weighted by molar-refractivity contribution is 6.35. The lowest BCUT2D eigenvalue weighted by Crippen LogP contribution is -2.57. The van der Waals surface area contributed by atoms with E-state index >= 15 is 0 Å². The van der Waals surface area contributed by atoms with Gasteiger partial charge in [-0.05, 0) is 6.07 Å². The molecule has 1 fully saturated rings. The van der Waals surface area contributed by atoms with Gasteiger partial charge in [-0.1, -0.05) is 23.2 Å². The number of nitrogens with zero attached hydrogens (tertiary/aromatic N) is 1. The summed E-state index contributed by atoms with van der Waals surface area (Å²) in [6, 6.07) is 1.30. The molecule has 1 saturated heterocycles. The summed E-state index contributed by atoms with van der Waals surface area (Å²) in [5, 5.41) is 12.1. The average molecular weight is 319 g/mol.